The second-order valence-electron chi connectivity index (χ2n) is 6.61. The number of nitrogens with one attached hydrogen (secondary N) is 2. The molecule has 1 aliphatic rings. The maximum Gasteiger partial charge on any atom is 0.247 e. The van der Waals surface area contributed by atoms with Gasteiger partial charge in [-0.3, -0.25) is 0 Å². The molecule has 0 spiro atoms. The standard InChI is InChI=1S/C18H23FN4O2S2.HI/c1-2-21-17(22-11-15-6-7-16(26-15)27(20,24)25)23-12-18(8-9-18)13-4-3-5-14(19)10-13;/h3-7,10H,2,8-9,11-12H2,1H3,(H2,20,24,25)(H2,21,22,23);1H. The Kier molecular flexibility index (Phi) is 7.82. The number of sulfonamides is 1. The monoisotopic (exact) mass is 538 g/mol. The number of hydrogen-bond acceptors (Lipinski definition) is 4. The van der Waals surface area contributed by atoms with Crippen molar-refractivity contribution in [2.24, 2.45) is 10.1 Å². The van der Waals surface area contributed by atoms with Gasteiger partial charge in [-0.15, -0.1) is 35.3 Å². The van der Waals surface area contributed by atoms with Gasteiger partial charge in [0.15, 0.2) is 5.96 Å². The summed E-state index contributed by atoms with van der Waals surface area (Å²) in [7, 11) is -3.68. The van der Waals surface area contributed by atoms with E-state index in [1.54, 1.807) is 18.2 Å². The van der Waals surface area contributed by atoms with Crippen molar-refractivity contribution in [1.29, 1.82) is 0 Å². The molecule has 1 fully saturated rings. The lowest BCUT2D eigenvalue weighted by Gasteiger charge is -2.19. The summed E-state index contributed by atoms with van der Waals surface area (Å²) < 4.78 is 36.4. The van der Waals surface area contributed by atoms with E-state index >= 15 is 0 Å². The number of benzene rings is 1. The molecule has 0 saturated heterocycles. The van der Waals surface area contributed by atoms with Gasteiger partial charge >= 0.3 is 0 Å². The number of rotatable bonds is 7. The van der Waals surface area contributed by atoms with Crippen LogP contribution in [0.4, 0.5) is 4.39 Å². The molecule has 0 aliphatic heterocycles. The van der Waals surface area contributed by atoms with E-state index in [2.05, 4.69) is 15.6 Å². The topological polar surface area (TPSA) is 96.6 Å². The molecule has 1 heterocycles. The fourth-order valence-electron chi connectivity index (χ4n) is 2.88. The van der Waals surface area contributed by atoms with Crippen molar-refractivity contribution in [3.05, 3.63) is 52.7 Å². The Hall–Kier alpha value is -1.24. The largest absolute Gasteiger partial charge is 0.357 e. The van der Waals surface area contributed by atoms with E-state index in [1.807, 2.05) is 13.0 Å². The third kappa shape index (κ3) is 5.88. The van der Waals surface area contributed by atoms with Gasteiger partial charge in [0.2, 0.25) is 10.0 Å². The summed E-state index contributed by atoms with van der Waals surface area (Å²) in [4.78, 5) is 5.32. The first-order chi connectivity index (χ1) is 12.8. The normalized spacial score (nSPS) is 15.6. The Labute approximate surface area is 185 Å². The zero-order chi connectivity index (χ0) is 19.5. The lowest BCUT2D eigenvalue weighted by molar-refractivity contribution is 0.599. The van der Waals surface area contributed by atoms with Gasteiger partial charge < -0.3 is 10.6 Å². The molecular formula is C18H24FIN4O2S2. The van der Waals surface area contributed by atoms with Crippen LogP contribution in [0.1, 0.15) is 30.2 Å². The Morgan fingerprint density at radius 2 is 2.04 bits per heavy atom. The summed E-state index contributed by atoms with van der Waals surface area (Å²) in [6, 6.07) is 9.96. The van der Waals surface area contributed by atoms with Crippen LogP contribution in [0.15, 0.2) is 45.6 Å². The summed E-state index contributed by atoms with van der Waals surface area (Å²) >= 11 is 1.12. The first kappa shape index (κ1) is 23.0. The van der Waals surface area contributed by atoms with Crippen LogP contribution in [0.2, 0.25) is 0 Å². The number of thiophene rings is 1. The summed E-state index contributed by atoms with van der Waals surface area (Å²) in [6.45, 7) is 3.68. The number of nitrogens with two attached hydrogens (primary N) is 1. The minimum absolute atomic E-state index is 0. The molecule has 1 aliphatic carbocycles. The zero-order valence-electron chi connectivity index (χ0n) is 15.4. The van der Waals surface area contributed by atoms with Crippen molar-refractivity contribution in [2.75, 3.05) is 13.1 Å². The number of nitrogens with zero attached hydrogens (tertiary/aromatic N) is 1. The van der Waals surface area contributed by atoms with Crippen LogP contribution in [0.25, 0.3) is 0 Å². The van der Waals surface area contributed by atoms with Crippen molar-refractivity contribution in [2.45, 2.75) is 35.9 Å². The van der Waals surface area contributed by atoms with Gasteiger partial charge in [0, 0.05) is 23.4 Å². The van der Waals surface area contributed by atoms with Crippen LogP contribution in [-0.2, 0) is 22.0 Å². The minimum Gasteiger partial charge on any atom is -0.357 e. The molecule has 0 radical (unpaired) electrons. The molecule has 4 N–H and O–H groups in total. The van der Waals surface area contributed by atoms with E-state index in [0.29, 0.717) is 25.6 Å². The lowest BCUT2D eigenvalue weighted by atomic mass is 9.96. The predicted molar refractivity (Wildman–Crippen MR) is 121 cm³/mol. The number of primary sulfonamides is 1. The fraction of sp³-hybridized carbons (Fsp3) is 0.389. The van der Waals surface area contributed by atoms with Crippen molar-refractivity contribution in [3.8, 4) is 0 Å². The van der Waals surface area contributed by atoms with Crippen molar-refractivity contribution in [3.63, 3.8) is 0 Å². The molecule has 6 nitrogen and oxygen atoms in total. The molecule has 2 aromatic rings. The van der Waals surface area contributed by atoms with Crippen molar-refractivity contribution in [1.82, 2.24) is 10.6 Å². The average Bonchev–Trinajstić information content (AvgIpc) is 3.25. The van der Waals surface area contributed by atoms with E-state index in [0.717, 1.165) is 34.6 Å². The number of guanidine groups is 1. The molecular weight excluding hydrogens is 514 g/mol. The molecule has 1 saturated carbocycles. The SMILES string of the molecule is CCNC(=NCc1ccc(S(N)(=O)=O)s1)NCC1(c2cccc(F)c2)CC1.I. The second kappa shape index (κ2) is 9.51. The van der Waals surface area contributed by atoms with Crippen LogP contribution in [-0.4, -0.2) is 27.5 Å². The molecule has 0 atom stereocenters. The van der Waals surface area contributed by atoms with Gasteiger partial charge in [-0.1, -0.05) is 12.1 Å². The van der Waals surface area contributed by atoms with Crippen LogP contribution < -0.4 is 15.8 Å². The highest BCUT2D eigenvalue weighted by Crippen LogP contribution is 2.47. The van der Waals surface area contributed by atoms with E-state index in [9.17, 15) is 12.8 Å². The van der Waals surface area contributed by atoms with Gasteiger partial charge in [0.25, 0.3) is 0 Å². The Balaban J connectivity index is 0.00000280. The van der Waals surface area contributed by atoms with Gasteiger partial charge in [-0.05, 0) is 49.6 Å². The molecule has 10 heteroatoms. The van der Waals surface area contributed by atoms with Gasteiger partial charge in [-0.25, -0.2) is 22.9 Å². The van der Waals surface area contributed by atoms with E-state index < -0.39 is 10.0 Å². The molecule has 1 aromatic heterocycles. The van der Waals surface area contributed by atoms with Gasteiger partial charge in [0.05, 0.1) is 6.54 Å². The number of aliphatic imine (C=N–C) groups is 1. The van der Waals surface area contributed by atoms with Crippen LogP contribution in [0, 0.1) is 5.82 Å². The Morgan fingerprint density at radius 1 is 1.29 bits per heavy atom. The maximum atomic E-state index is 13.5. The summed E-state index contributed by atoms with van der Waals surface area (Å²) in [5, 5.41) is 11.6. The third-order valence-electron chi connectivity index (χ3n) is 4.54. The third-order valence-corrected chi connectivity index (χ3v) is 7.05. The van der Waals surface area contributed by atoms with Crippen molar-refractivity contribution < 1.29 is 12.8 Å². The quantitative estimate of drug-likeness (QED) is 0.287. The molecule has 0 bridgehead atoms. The highest BCUT2D eigenvalue weighted by molar-refractivity contribution is 14.0. The Bertz CT molecular complexity index is 943. The smallest absolute Gasteiger partial charge is 0.247 e. The van der Waals surface area contributed by atoms with Crippen LogP contribution >= 0.6 is 35.3 Å². The number of hydrogen-bond donors (Lipinski definition) is 3. The predicted octanol–water partition coefficient (Wildman–Crippen LogP) is 2.94. The summed E-state index contributed by atoms with van der Waals surface area (Å²) in [6.07, 6.45) is 2.01. The average molecular weight is 538 g/mol. The zero-order valence-corrected chi connectivity index (χ0v) is 19.4. The van der Waals surface area contributed by atoms with Gasteiger partial charge in [-0.2, -0.15) is 0 Å². The molecule has 0 unspecified atom stereocenters. The van der Waals surface area contributed by atoms with E-state index in [4.69, 9.17) is 5.14 Å². The second-order valence-corrected chi connectivity index (χ2v) is 9.56. The molecule has 154 valence electrons. The van der Waals surface area contributed by atoms with Gasteiger partial charge in [0.1, 0.15) is 10.0 Å². The molecule has 28 heavy (non-hydrogen) atoms. The van der Waals surface area contributed by atoms with Crippen LogP contribution in [0.5, 0.6) is 0 Å². The van der Waals surface area contributed by atoms with E-state index in [1.165, 1.54) is 12.1 Å². The first-order valence-electron chi connectivity index (χ1n) is 8.72. The Morgan fingerprint density at radius 3 is 2.61 bits per heavy atom. The number of halogens is 2. The lowest BCUT2D eigenvalue weighted by Crippen LogP contribution is -2.41. The van der Waals surface area contributed by atoms with Crippen LogP contribution in [0.3, 0.4) is 0 Å². The summed E-state index contributed by atoms with van der Waals surface area (Å²) in [5.41, 5.74) is 0.948. The maximum absolute atomic E-state index is 13.5. The minimum atomic E-state index is -3.68. The fourth-order valence-corrected chi connectivity index (χ4v) is 4.59. The first-order valence-corrected chi connectivity index (χ1v) is 11.1. The van der Waals surface area contributed by atoms with E-state index in [-0.39, 0.29) is 39.4 Å². The molecule has 0 amide bonds. The van der Waals surface area contributed by atoms with Crippen molar-refractivity contribution >= 4 is 51.3 Å². The highest BCUT2D eigenvalue weighted by atomic mass is 127. The molecule has 3 rings (SSSR count). The molecule has 1 aromatic carbocycles. The highest BCUT2D eigenvalue weighted by Gasteiger charge is 2.44. The summed E-state index contributed by atoms with van der Waals surface area (Å²) in [5.74, 6) is 0.424.